The van der Waals surface area contributed by atoms with Crippen LogP contribution in [0.15, 0.2) is 60.7 Å². The molecule has 2 N–H and O–H groups in total. The van der Waals surface area contributed by atoms with E-state index in [1.807, 2.05) is 0 Å². The van der Waals surface area contributed by atoms with Crippen LogP contribution >= 0.6 is 0 Å². The smallest absolute Gasteiger partial charge is 0.420 e. The van der Waals surface area contributed by atoms with Gasteiger partial charge in [0.15, 0.2) is 23.0 Å². The summed E-state index contributed by atoms with van der Waals surface area (Å²) in [6.07, 6.45) is -10.9. The lowest BCUT2D eigenvalue weighted by molar-refractivity contribution is -0.140. The number of alkyl halides is 6. The van der Waals surface area contributed by atoms with Crippen molar-refractivity contribution in [3.63, 3.8) is 0 Å². The normalized spacial score (nSPS) is 11.1. The molecule has 8 nitrogen and oxygen atoms in total. The third-order valence-electron chi connectivity index (χ3n) is 6.02. The first-order chi connectivity index (χ1) is 20.7. The number of ether oxygens (including phenoxy) is 2. The summed E-state index contributed by atoms with van der Waals surface area (Å²) in [5.74, 6) is 0.00106. The molecule has 0 aliphatic heterocycles. The van der Waals surface area contributed by atoms with E-state index in [-0.39, 0.29) is 32.4 Å². The summed E-state index contributed by atoms with van der Waals surface area (Å²) in [6, 6.07) is 8.56. The van der Waals surface area contributed by atoms with Crippen molar-refractivity contribution < 1.29 is 65.2 Å². The van der Waals surface area contributed by atoms with E-state index in [0.29, 0.717) is 24.3 Å². The molecule has 0 spiro atoms. The van der Waals surface area contributed by atoms with Crippen molar-refractivity contribution in [3.05, 3.63) is 92.7 Å². The Bertz CT molecular complexity index is 2000. The summed E-state index contributed by atoms with van der Waals surface area (Å²) < 4.78 is 95.8. The lowest BCUT2D eigenvalue weighted by atomic mass is 9.92. The molecule has 4 rings (SSSR count). The molecule has 0 unspecified atom stereocenters. The summed E-state index contributed by atoms with van der Waals surface area (Å²) in [7, 11) is 0. The lowest BCUT2D eigenvalue weighted by Gasteiger charge is -2.21. The highest BCUT2D eigenvalue weighted by Crippen LogP contribution is 2.52. The highest BCUT2D eigenvalue weighted by molar-refractivity contribution is 5.79. The van der Waals surface area contributed by atoms with Crippen molar-refractivity contribution in [1.82, 2.24) is 0 Å². The summed E-state index contributed by atoms with van der Waals surface area (Å²) in [6.45, 7) is 0. The van der Waals surface area contributed by atoms with E-state index >= 15 is 0 Å². The molecule has 4 aromatic rings. The maximum Gasteiger partial charge on any atom is 0.420 e. The predicted molar refractivity (Wildman–Crippen MR) is 136 cm³/mol. The monoisotopic (exact) mass is 614 g/mol. The Hall–Kier alpha value is -6.02. The van der Waals surface area contributed by atoms with Gasteiger partial charge < -0.3 is 19.7 Å². The van der Waals surface area contributed by atoms with Gasteiger partial charge in [0, 0.05) is 12.1 Å². The fourth-order valence-electron chi connectivity index (χ4n) is 4.11. The number of aromatic hydroxyl groups is 2. The zero-order valence-electron chi connectivity index (χ0n) is 21.4. The molecule has 0 atom stereocenters. The SMILES string of the molecule is O=C=c1ccc(Oc2ccc(-c3ccc(Oc4ccc(=C=O)c(=C=O)c4)c(O)c3C(F)(F)F)c(C(F)(F)F)c2O)cc1=C=O. The van der Waals surface area contributed by atoms with E-state index in [2.05, 4.69) is 0 Å². The number of carbonyl (C=O) groups excluding carboxylic acids is 4. The zero-order chi connectivity index (χ0) is 32.4. The summed E-state index contributed by atoms with van der Waals surface area (Å²) >= 11 is 0. The highest BCUT2D eigenvalue weighted by atomic mass is 19.4. The fraction of sp³-hybridized carbons (Fsp3) is 0.0667. The van der Waals surface area contributed by atoms with Gasteiger partial charge in [-0.05, 0) is 59.7 Å². The molecule has 222 valence electrons. The first-order valence-corrected chi connectivity index (χ1v) is 11.8. The van der Waals surface area contributed by atoms with E-state index in [9.17, 15) is 55.7 Å². The molecule has 0 aliphatic carbocycles. The zero-order valence-corrected chi connectivity index (χ0v) is 21.4. The van der Waals surface area contributed by atoms with Crippen LogP contribution in [-0.4, -0.2) is 34.0 Å². The number of benzene rings is 4. The Morgan fingerprint density at radius 1 is 0.500 bits per heavy atom. The Morgan fingerprint density at radius 2 is 0.841 bits per heavy atom. The lowest BCUT2D eigenvalue weighted by Crippen LogP contribution is -2.26. The van der Waals surface area contributed by atoms with Gasteiger partial charge in [-0.1, -0.05) is 0 Å². The summed E-state index contributed by atoms with van der Waals surface area (Å²) in [4.78, 5) is 43.9. The Labute approximate surface area is 239 Å². The third-order valence-corrected chi connectivity index (χ3v) is 6.02. The number of hydrogen-bond acceptors (Lipinski definition) is 8. The standard InChI is InChI=1S/C30H12F6O8/c31-29(32,33)25-21(5-7-23(27(25)41)43-19-3-1-15(11-37)17(9-19)13-39)22-6-8-24(28(42)26(22)30(34,35)36)44-20-4-2-16(12-38)18(10-20)14-40/h1-10,41-42H. The van der Waals surface area contributed by atoms with Crippen LogP contribution in [0.4, 0.5) is 26.3 Å². The van der Waals surface area contributed by atoms with Crippen LogP contribution in [0.3, 0.4) is 0 Å². The molecule has 0 amide bonds. The van der Waals surface area contributed by atoms with Crippen molar-refractivity contribution in [2.24, 2.45) is 0 Å². The van der Waals surface area contributed by atoms with Gasteiger partial charge in [-0.2, -0.15) is 26.3 Å². The first kappa shape index (κ1) is 30.9. The van der Waals surface area contributed by atoms with Gasteiger partial charge in [-0.15, -0.1) is 0 Å². The Morgan fingerprint density at radius 3 is 1.14 bits per heavy atom. The van der Waals surface area contributed by atoms with Crippen LogP contribution in [0.25, 0.3) is 11.1 Å². The quantitative estimate of drug-likeness (QED) is 0.329. The van der Waals surface area contributed by atoms with Gasteiger partial charge in [0.2, 0.25) is 0 Å². The molecular weight excluding hydrogens is 602 g/mol. The van der Waals surface area contributed by atoms with Crippen LogP contribution in [0, 0.1) is 0 Å². The number of halogens is 6. The molecule has 0 aliphatic rings. The molecule has 0 fully saturated rings. The van der Waals surface area contributed by atoms with Crippen LogP contribution in [-0.2, 0) is 31.5 Å². The second-order valence-electron chi connectivity index (χ2n) is 8.69. The van der Waals surface area contributed by atoms with E-state index < -0.39 is 57.6 Å². The average molecular weight is 614 g/mol. The topological polar surface area (TPSA) is 127 Å². The maximum absolute atomic E-state index is 14.2. The average Bonchev–Trinajstić information content (AvgIpc) is 2.97. The fourth-order valence-corrected chi connectivity index (χ4v) is 4.11. The second-order valence-corrected chi connectivity index (χ2v) is 8.69. The Kier molecular flexibility index (Phi) is 8.22. The third kappa shape index (κ3) is 5.96. The Balaban J connectivity index is 1.90. The van der Waals surface area contributed by atoms with Crippen LogP contribution < -0.4 is 30.3 Å². The van der Waals surface area contributed by atoms with Crippen molar-refractivity contribution in [1.29, 1.82) is 0 Å². The van der Waals surface area contributed by atoms with Crippen molar-refractivity contribution in [3.8, 4) is 45.6 Å². The van der Waals surface area contributed by atoms with Gasteiger partial charge in [0.1, 0.15) is 46.4 Å². The molecule has 0 bridgehead atoms. The minimum atomic E-state index is -5.47. The van der Waals surface area contributed by atoms with Gasteiger partial charge in [0.05, 0.1) is 20.9 Å². The largest absolute Gasteiger partial charge is 0.504 e. The molecule has 0 aromatic heterocycles. The molecule has 0 saturated heterocycles. The van der Waals surface area contributed by atoms with Gasteiger partial charge in [-0.25, -0.2) is 19.2 Å². The van der Waals surface area contributed by atoms with E-state index in [4.69, 9.17) is 9.47 Å². The minimum absolute atomic E-state index is 0.242. The van der Waals surface area contributed by atoms with Crippen molar-refractivity contribution >= 4 is 23.8 Å². The van der Waals surface area contributed by atoms with E-state index in [0.717, 1.165) is 36.4 Å². The first-order valence-electron chi connectivity index (χ1n) is 11.8. The molecule has 14 heteroatoms. The molecule has 4 aromatic carbocycles. The van der Waals surface area contributed by atoms with Crippen molar-refractivity contribution in [2.75, 3.05) is 0 Å². The van der Waals surface area contributed by atoms with Gasteiger partial charge >= 0.3 is 12.4 Å². The molecule has 44 heavy (non-hydrogen) atoms. The molecule has 0 saturated carbocycles. The predicted octanol–water partition coefficient (Wildman–Crippen LogP) is 2.40. The molecule has 0 heterocycles. The number of phenolic OH excluding ortho intramolecular Hbond substituents is 2. The van der Waals surface area contributed by atoms with E-state index in [1.54, 1.807) is 0 Å². The van der Waals surface area contributed by atoms with E-state index in [1.165, 1.54) is 23.8 Å². The summed E-state index contributed by atoms with van der Waals surface area (Å²) in [5.41, 5.74) is -6.32. The van der Waals surface area contributed by atoms with Crippen LogP contribution in [0.5, 0.6) is 34.5 Å². The maximum atomic E-state index is 14.2. The van der Waals surface area contributed by atoms with Crippen LogP contribution in [0.1, 0.15) is 11.1 Å². The number of hydrogen-bond donors (Lipinski definition) is 2. The number of phenols is 2. The van der Waals surface area contributed by atoms with Gasteiger partial charge in [0.25, 0.3) is 0 Å². The van der Waals surface area contributed by atoms with Crippen LogP contribution in [0.2, 0.25) is 0 Å². The highest BCUT2D eigenvalue weighted by Gasteiger charge is 2.43. The number of rotatable bonds is 5. The summed E-state index contributed by atoms with van der Waals surface area (Å²) in [5, 5.41) is 19.9. The van der Waals surface area contributed by atoms with Crippen molar-refractivity contribution in [2.45, 2.75) is 12.4 Å². The van der Waals surface area contributed by atoms with Gasteiger partial charge in [-0.3, -0.25) is 0 Å². The second kappa shape index (κ2) is 11.7. The molecule has 0 radical (unpaired) electrons. The molecular formula is C30H12F6O8. The minimum Gasteiger partial charge on any atom is -0.504 e.